The van der Waals surface area contributed by atoms with Crippen LogP contribution in [0.25, 0.3) is 11.4 Å². The summed E-state index contributed by atoms with van der Waals surface area (Å²) in [5.74, 6) is 1.56. The van der Waals surface area contributed by atoms with E-state index in [2.05, 4.69) is 24.5 Å². The molecule has 6 nitrogen and oxygen atoms in total. The largest absolute Gasteiger partial charge is 0.424 e. The molecule has 0 fully saturated rings. The molecule has 6 heteroatoms. The maximum absolute atomic E-state index is 5.62. The number of ether oxygens (including phenoxy) is 1. The molecule has 0 unspecified atom stereocenters. The van der Waals surface area contributed by atoms with Crippen molar-refractivity contribution < 1.29 is 4.74 Å². The van der Waals surface area contributed by atoms with E-state index in [4.69, 9.17) is 4.74 Å². The summed E-state index contributed by atoms with van der Waals surface area (Å²) in [5.41, 5.74) is 1.99. The molecule has 0 radical (unpaired) electrons. The van der Waals surface area contributed by atoms with Crippen LogP contribution in [0.1, 0.15) is 5.69 Å². The Morgan fingerprint density at radius 2 is 1.56 bits per heavy atom. The smallest absolute Gasteiger partial charge is 0.321 e. The summed E-state index contributed by atoms with van der Waals surface area (Å²) in [5, 5.41) is 0. The molecule has 4 aromatic rings. The number of nitrogens with zero attached hydrogens (tertiary/aromatic N) is 5. The molecule has 0 bridgehead atoms. The Bertz CT molecular complexity index is 936. The highest BCUT2D eigenvalue weighted by molar-refractivity contribution is 5.57. The topological polar surface area (TPSA) is 65.7 Å². The van der Waals surface area contributed by atoms with Gasteiger partial charge >= 0.3 is 6.01 Å². The van der Waals surface area contributed by atoms with Gasteiger partial charge in [-0.2, -0.15) is 0 Å². The molecule has 0 saturated heterocycles. The van der Waals surface area contributed by atoms with Crippen LogP contribution in [0.5, 0.6) is 11.8 Å². The number of aromatic nitrogens is 5. The van der Waals surface area contributed by atoms with E-state index in [-0.39, 0.29) is 0 Å². The zero-order valence-electron chi connectivity index (χ0n) is 13.4. The second kappa shape index (κ2) is 6.92. The zero-order chi connectivity index (χ0) is 16.9. The van der Waals surface area contributed by atoms with E-state index in [1.165, 1.54) is 0 Å². The lowest BCUT2D eigenvalue weighted by molar-refractivity contribution is 0.442. The maximum Gasteiger partial charge on any atom is 0.321 e. The van der Waals surface area contributed by atoms with Crippen LogP contribution in [0, 0.1) is 0 Å². The Kier molecular flexibility index (Phi) is 4.16. The van der Waals surface area contributed by atoms with Gasteiger partial charge in [-0.25, -0.2) is 15.0 Å². The minimum absolute atomic E-state index is 0.326. The van der Waals surface area contributed by atoms with Crippen molar-refractivity contribution in [2.75, 3.05) is 0 Å². The van der Waals surface area contributed by atoms with E-state index < -0.39 is 0 Å². The average molecular weight is 329 g/mol. The lowest BCUT2D eigenvalue weighted by atomic mass is 10.2. The molecule has 122 valence electrons. The normalized spacial score (nSPS) is 10.6. The average Bonchev–Trinajstić information content (AvgIpc) is 3.12. The van der Waals surface area contributed by atoms with Gasteiger partial charge in [0.1, 0.15) is 11.6 Å². The van der Waals surface area contributed by atoms with E-state index in [1.54, 1.807) is 30.9 Å². The molecular weight excluding hydrogens is 314 g/mol. The van der Waals surface area contributed by atoms with Crippen LogP contribution >= 0.6 is 0 Å². The van der Waals surface area contributed by atoms with Gasteiger partial charge in [-0.05, 0) is 42.5 Å². The molecule has 0 N–H and O–H groups in total. The van der Waals surface area contributed by atoms with Gasteiger partial charge in [-0.15, -0.1) is 0 Å². The first-order chi connectivity index (χ1) is 12.4. The Hall–Kier alpha value is -3.54. The molecule has 0 spiro atoms. The van der Waals surface area contributed by atoms with Gasteiger partial charge in [-0.3, -0.25) is 4.98 Å². The van der Waals surface area contributed by atoms with Gasteiger partial charge in [-0.1, -0.05) is 6.07 Å². The van der Waals surface area contributed by atoms with Crippen LogP contribution in [-0.4, -0.2) is 24.5 Å². The van der Waals surface area contributed by atoms with E-state index in [9.17, 15) is 0 Å². The molecule has 4 rings (SSSR count). The van der Waals surface area contributed by atoms with Crippen LogP contribution in [0.2, 0.25) is 0 Å². The molecule has 0 amide bonds. The predicted molar refractivity (Wildman–Crippen MR) is 93.1 cm³/mol. The van der Waals surface area contributed by atoms with Gasteiger partial charge in [0.25, 0.3) is 0 Å². The van der Waals surface area contributed by atoms with E-state index in [0.29, 0.717) is 18.3 Å². The van der Waals surface area contributed by atoms with E-state index >= 15 is 0 Å². The fourth-order valence-corrected chi connectivity index (χ4v) is 2.48. The third kappa shape index (κ3) is 3.53. The summed E-state index contributed by atoms with van der Waals surface area (Å²) in [7, 11) is 0. The van der Waals surface area contributed by atoms with Crippen molar-refractivity contribution in [2.24, 2.45) is 0 Å². The molecule has 0 atom stereocenters. The summed E-state index contributed by atoms with van der Waals surface area (Å²) in [6, 6.07) is 15.7. The second-order valence-electron chi connectivity index (χ2n) is 5.36. The van der Waals surface area contributed by atoms with E-state index in [1.807, 2.05) is 48.7 Å². The standard InChI is InChI=1S/C19H15N5O/c1-2-9-20-16(4-1)14-24-13-12-21-18(24)15-5-7-17(8-6-15)25-19-22-10-3-11-23-19/h1-13H,14H2. The highest BCUT2D eigenvalue weighted by Crippen LogP contribution is 2.23. The molecule has 1 aromatic carbocycles. The third-order valence-electron chi connectivity index (χ3n) is 3.64. The summed E-state index contributed by atoms with van der Waals surface area (Å²) in [4.78, 5) is 16.9. The second-order valence-corrected chi connectivity index (χ2v) is 5.36. The lowest BCUT2D eigenvalue weighted by Gasteiger charge is -2.08. The fourth-order valence-electron chi connectivity index (χ4n) is 2.48. The Morgan fingerprint density at radius 1 is 0.760 bits per heavy atom. The first-order valence-corrected chi connectivity index (χ1v) is 7.85. The van der Waals surface area contributed by atoms with Crippen molar-refractivity contribution in [3.63, 3.8) is 0 Å². The minimum atomic E-state index is 0.326. The van der Waals surface area contributed by atoms with Crippen LogP contribution in [0.4, 0.5) is 0 Å². The maximum atomic E-state index is 5.62. The fraction of sp³-hybridized carbons (Fsp3) is 0.0526. The number of imidazole rings is 1. The highest BCUT2D eigenvalue weighted by atomic mass is 16.5. The molecule has 0 aliphatic rings. The third-order valence-corrected chi connectivity index (χ3v) is 3.64. The highest BCUT2D eigenvalue weighted by Gasteiger charge is 2.08. The first kappa shape index (κ1) is 15.0. The van der Waals surface area contributed by atoms with Crippen LogP contribution in [0.3, 0.4) is 0 Å². The number of rotatable bonds is 5. The SMILES string of the molecule is c1ccc(Cn2ccnc2-c2ccc(Oc3ncccn3)cc2)nc1. The number of hydrogen-bond acceptors (Lipinski definition) is 5. The lowest BCUT2D eigenvalue weighted by Crippen LogP contribution is -2.02. The quantitative estimate of drug-likeness (QED) is 0.560. The van der Waals surface area contributed by atoms with Crippen molar-refractivity contribution >= 4 is 0 Å². The Balaban J connectivity index is 1.54. The summed E-state index contributed by atoms with van der Waals surface area (Å²) >= 11 is 0. The molecular formula is C19H15N5O. The Morgan fingerprint density at radius 3 is 2.32 bits per heavy atom. The number of pyridine rings is 1. The van der Waals surface area contributed by atoms with Gasteiger partial charge < -0.3 is 9.30 Å². The molecule has 0 saturated carbocycles. The zero-order valence-corrected chi connectivity index (χ0v) is 13.4. The summed E-state index contributed by atoms with van der Waals surface area (Å²) in [6.07, 6.45) is 8.83. The molecule has 3 heterocycles. The van der Waals surface area contributed by atoms with Gasteiger partial charge in [0, 0.05) is 36.5 Å². The van der Waals surface area contributed by atoms with E-state index in [0.717, 1.165) is 17.1 Å². The monoisotopic (exact) mass is 329 g/mol. The predicted octanol–water partition coefficient (Wildman–Crippen LogP) is 3.58. The molecule has 0 aliphatic carbocycles. The van der Waals surface area contributed by atoms with Crippen molar-refractivity contribution in [1.82, 2.24) is 24.5 Å². The summed E-state index contributed by atoms with van der Waals surface area (Å²) < 4.78 is 7.69. The molecule has 25 heavy (non-hydrogen) atoms. The van der Waals surface area contributed by atoms with Crippen molar-refractivity contribution in [3.05, 3.63) is 85.2 Å². The molecule has 0 aliphatic heterocycles. The first-order valence-electron chi connectivity index (χ1n) is 7.85. The Labute approximate surface area is 144 Å². The number of benzene rings is 1. The van der Waals surface area contributed by atoms with Crippen LogP contribution in [-0.2, 0) is 6.54 Å². The van der Waals surface area contributed by atoms with Crippen LogP contribution < -0.4 is 4.74 Å². The van der Waals surface area contributed by atoms with Gasteiger partial charge in [0.05, 0.1) is 12.2 Å². The van der Waals surface area contributed by atoms with Crippen LogP contribution in [0.15, 0.2) is 79.5 Å². The van der Waals surface area contributed by atoms with Gasteiger partial charge in [0.2, 0.25) is 0 Å². The number of hydrogen-bond donors (Lipinski definition) is 0. The van der Waals surface area contributed by atoms with Crippen molar-refractivity contribution in [1.29, 1.82) is 0 Å². The van der Waals surface area contributed by atoms with Crippen molar-refractivity contribution in [3.8, 4) is 23.1 Å². The van der Waals surface area contributed by atoms with Gasteiger partial charge in [0.15, 0.2) is 0 Å². The van der Waals surface area contributed by atoms with Crippen molar-refractivity contribution in [2.45, 2.75) is 6.54 Å². The summed E-state index contributed by atoms with van der Waals surface area (Å²) in [6.45, 7) is 0.673. The minimum Gasteiger partial charge on any atom is -0.424 e. The molecule has 3 aromatic heterocycles.